The Bertz CT molecular complexity index is 265. The lowest BCUT2D eigenvalue weighted by Gasteiger charge is -2.47. The highest BCUT2D eigenvalue weighted by Gasteiger charge is 2.41. The zero-order valence-electron chi connectivity index (χ0n) is 11.2. The number of ether oxygens (including phenoxy) is 1. The van der Waals surface area contributed by atoms with E-state index in [0.29, 0.717) is 0 Å². The number of allylic oxidation sites excluding steroid dienone is 1. The minimum atomic E-state index is -0.401. The van der Waals surface area contributed by atoms with Crippen LogP contribution in [0.1, 0.15) is 35.5 Å². The number of carbonyl (C=O) groups excluding carboxylic acids is 1. The molecule has 1 heterocycles. The zero-order chi connectivity index (χ0) is 11.7. The smallest absolute Gasteiger partial charge is 0.410 e. The molecule has 3 nitrogen and oxygen atoms in total. The molecule has 1 saturated heterocycles. The summed E-state index contributed by atoms with van der Waals surface area (Å²) in [5.74, 6) is 0. The maximum absolute atomic E-state index is 11.6. The van der Waals surface area contributed by atoms with E-state index in [1.165, 1.54) is 0 Å². The summed E-state index contributed by atoms with van der Waals surface area (Å²) in [6.07, 6.45) is 2.66. The first-order valence-electron chi connectivity index (χ1n) is 5.35. The van der Waals surface area contributed by atoms with Gasteiger partial charge in [0.05, 0.1) is 0 Å². The fourth-order valence-corrected chi connectivity index (χ4v) is 1.81. The van der Waals surface area contributed by atoms with Crippen LogP contribution in [0.25, 0.3) is 0 Å². The topological polar surface area (TPSA) is 29.5 Å². The van der Waals surface area contributed by atoms with E-state index in [4.69, 9.17) is 4.74 Å². The second kappa shape index (κ2) is 3.87. The van der Waals surface area contributed by atoms with Crippen LogP contribution in [0.15, 0.2) is 12.7 Å². The molecule has 3 heteroatoms. The number of carbonyl (C=O) groups is 1. The first kappa shape index (κ1) is 12.1. The van der Waals surface area contributed by atoms with Crippen molar-refractivity contribution in [1.29, 1.82) is 0 Å². The lowest BCUT2D eigenvalue weighted by molar-refractivity contribution is -0.0267. The van der Waals surface area contributed by atoms with Gasteiger partial charge in [0.1, 0.15) is 5.60 Å². The van der Waals surface area contributed by atoms with E-state index < -0.39 is 5.60 Å². The van der Waals surface area contributed by atoms with E-state index in [9.17, 15) is 4.79 Å². The molecule has 0 N–H and O–H groups in total. The molecule has 0 aromatic carbocycles. The van der Waals surface area contributed by atoms with Crippen LogP contribution in [0.4, 0.5) is 4.79 Å². The van der Waals surface area contributed by atoms with Crippen molar-refractivity contribution >= 4 is 6.09 Å². The predicted molar refractivity (Wildman–Crippen MR) is 61.8 cm³/mol. The molecular weight excluding hydrogens is 190 g/mol. The third-order valence-corrected chi connectivity index (χ3v) is 2.43. The summed E-state index contributed by atoms with van der Waals surface area (Å²) in [7, 11) is 0. The molecule has 1 aliphatic heterocycles. The fraction of sp³-hybridized carbons (Fsp3) is 0.750. The average molecular weight is 212 g/mol. The number of likely N-dealkylation sites (tertiary alicyclic amines) is 1. The van der Waals surface area contributed by atoms with Crippen LogP contribution in [0.3, 0.4) is 0 Å². The normalized spacial score (nSPS) is 19.3. The minimum Gasteiger partial charge on any atom is -0.444 e. The average Bonchev–Trinajstić information content (AvgIpc) is 1.96. The summed E-state index contributed by atoms with van der Waals surface area (Å²) in [4.78, 5) is 13.4. The van der Waals surface area contributed by atoms with Crippen LogP contribution in [0.2, 0.25) is 0 Å². The van der Waals surface area contributed by atoms with E-state index in [-0.39, 0.29) is 12.9 Å². The highest BCUT2D eigenvalue weighted by atomic mass is 16.6. The maximum Gasteiger partial charge on any atom is 0.410 e. The third-order valence-electron chi connectivity index (χ3n) is 2.43. The zero-order valence-corrected chi connectivity index (χ0v) is 10.2. The number of rotatable bonds is 2. The number of nitrogens with zero attached hydrogens (tertiary/aromatic N) is 1. The quantitative estimate of drug-likeness (QED) is 0.659. The van der Waals surface area contributed by atoms with Crippen molar-refractivity contribution in [2.24, 2.45) is 5.41 Å². The van der Waals surface area contributed by atoms with Gasteiger partial charge in [-0.15, -0.1) is 6.58 Å². The second-order valence-corrected chi connectivity index (χ2v) is 5.64. The maximum atomic E-state index is 11.6. The van der Waals surface area contributed by atoms with Gasteiger partial charge in [0, 0.05) is 19.9 Å². The summed E-state index contributed by atoms with van der Waals surface area (Å²) in [6.45, 7) is 13.1. The van der Waals surface area contributed by atoms with Gasteiger partial charge in [-0.25, -0.2) is 4.79 Å². The van der Waals surface area contributed by atoms with Crippen LogP contribution in [0.5, 0.6) is 0 Å². The van der Waals surface area contributed by atoms with Gasteiger partial charge in [0.15, 0.2) is 0 Å². The van der Waals surface area contributed by atoms with E-state index in [2.05, 4.69) is 13.5 Å². The van der Waals surface area contributed by atoms with Gasteiger partial charge in [-0.3, -0.25) is 0 Å². The third kappa shape index (κ3) is 3.26. The molecule has 1 aliphatic rings. The second-order valence-electron chi connectivity index (χ2n) is 5.64. The first-order valence-corrected chi connectivity index (χ1v) is 5.35. The molecule has 0 aromatic heterocycles. The van der Waals surface area contributed by atoms with Gasteiger partial charge in [-0.2, -0.15) is 0 Å². The van der Waals surface area contributed by atoms with Gasteiger partial charge in [-0.1, -0.05) is 13.0 Å². The summed E-state index contributed by atoms with van der Waals surface area (Å²) in [5, 5.41) is 0. The molecule has 1 fully saturated rings. The van der Waals surface area contributed by atoms with Gasteiger partial charge >= 0.3 is 6.09 Å². The molecule has 0 atom stereocenters. The van der Waals surface area contributed by atoms with Crippen molar-refractivity contribution in [2.75, 3.05) is 13.1 Å². The lowest BCUT2D eigenvalue weighted by Crippen LogP contribution is -2.57. The Kier molecular flexibility index (Phi) is 3.12. The fourth-order valence-electron chi connectivity index (χ4n) is 1.81. The Morgan fingerprint density at radius 3 is 2.53 bits per heavy atom. The van der Waals surface area contributed by atoms with Crippen molar-refractivity contribution in [1.82, 2.24) is 4.90 Å². The molecule has 0 aromatic rings. The Morgan fingerprint density at radius 2 is 2.13 bits per heavy atom. The largest absolute Gasteiger partial charge is 0.444 e. The molecule has 1 rings (SSSR count). The minimum absolute atomic E-state index is 0. The molecule has 0 aliphatic carbocycles. The van der Waals surface area contributed by atoms with E-state index in [0.717, 1.165) is 19.5 Å². The molecule has 0 saturated carbocycles. The summed E-state index contributed by atoms with van der Waals surface area (Å²) < 4.78 is 5.27. The van der Waals surface area contributed by atoms with Crippen LogP contribution in [-0.4, -0.2) is 29.7 Å². The Hall–Kier alpha value is -0.990. The molecule has 1 radical (unpaired) electrons. The van der Waals surface area contributed by atoms with Crippen molar-refractivity contribution < 1.29 is 11.0 Å². The van der Waals surface area contributed by atoms with Gasteiger partial charge < -0.3 is 9.64 Å². The Labute approximate surface area is 93.6 Å². The molecule has 87 valence electrons. The lowest BCUT2D eigenvalue weighted by atomic mass is 9.79. The van der Waals surface area contributed by atoms with Crippen LogP contribution in [0, 0.1) is 5.41 Å². The molecule has 0 unspecified atom stereocenters. The summed E-state index contributed by atoms with van der Waals surface area (Å²) in [6, 6.07) is 0. The first-order chi connectivity index (χ1) is 6.76. The van der Waals surface area contributed by atoms with Crippen molar-refractivity contribution in [3.8, 4) is 0 Å². The molecular formula is C12H22NO2. The molecule has 1 amide bonds. The van der Waals surface area contributed by atoms with Crippen molar-refractivity contribution in [3.05, 3.63) is 12.7 Å². The van der Waals surface area contributed by atoms with Crippen LogP contribution < -0.4 is 0 Å². The number of hydrogen-bond donors (Lipinski definition) is 0. The summed E-state index contributed by atoms with van der Waals surface area (Å²) >= 11 is 0. The van der Waals surface area contributed by atoms with E-state index >= 15 is 0 Å². The van der Waals surface area contributed by atoms with Crippen molar-refractivity contribution in [3.63, 3.8) is 0 Å². The molecule has 15 heavy (non-hydrogen) atoms. The van der Waals surface area contributed by atoms with Crippen molar-refractivity contribution in [2.45, 2.75) is 39.7 Å². The highest BCUT2D eigenvalue weighted by molar-refractivity contribution is 5.69. The highest BCUT2D eigenvalue weighted by Crippen LogP contribution is 2.34. The predicted octanol–water partition coefficient (Wildman–Crippen LogP) is 2.93. The Morgan fingerprint density at radius 1 is 1.60 bits per heavy atom. The number of amides is 1. The molecule has 0 bridgehead atoms. The Balaban J connectivity index is 0.00000225. The standard InChI is InChI=1S/C12H21NO2.H/c1-6-7-12(5)8-13(9-12)10(14)15-11(2,3)4;/h6H,1,7-9H2,2-5H3;. The van der Waals surface area contributed by atoms with Gasteiger partial charge in [0.25, 0.3) is 0 Å². The summed E-state index contributed by atoms with van der Waals surface area (Å²) in [5.41, 5.74) is -0.194. The monoisotopic (exact) mass is 212 g/mol. The van der Waals surface area contributed by atoms with E-state index in [1.54, 1.807) is 4.90 Å². The molecule has 0 spiro atoms. The van der Waals surface area contributed by atoms with Gasteiger partial charge in [-0.05, 0) is 27.2 Å². The van der Waals surface area contributed by atoms with Gasteiger partial charge in [0.2, 0.25) is 0 Å². The van der Waals surface area contributed by atoms with Crippen LogP contribution in [-0.2, 0) is 4.74 Å². The van der Waals surface area contributed by atoms with Crippen LogP contribution >= 0.6 is 0 Å². The van der Waals surface area contributed by atoms with E-state index in [1.807, 2.05) is 26.8 Å². The SMILES string of the molecule is C=CCC1(C)CN(C(=O)OC(C)(C)C)C1.[H]. The number of hydrogen-bond acceptors (Lipinski definition) is 2.